The number of amidine groups is 1. The lowest BCUT2D eigenvalue weighted by atomic mass is 9.65. The van der Waals surface area contributed by atoms with Gasteiger partial charge in [0.2, 0.25) is 6.04 Å². The third kappa shape index (κ3) is 3.05. The Morgan fingerprint density at radius 2 is 1.68 bits per heavy atom. The summed E-state index contributed by atoms with van der Waals surface area (Å²) in [5.74, 6) is -0.935. The van der Waals surface area contributed by atoms with Crippen molar-refractivity contribution in [3.63, 3.8) is 0 Å². The number of fused-ring (bicyclic) bond motifs is 4. The summed E-state index contributed by atoms with van der Waals surface area (Å²) in [5.41, 5.74) is 0.00972. The summed E-state index contributed by atoms with van der Waals surface area (Å²) in [4.78, 5) is 28.4. The van der Waals surface area contributed by atoms with E-state index in [2.05, 4.69) is 4.99 Å². The maximum atomic E-state index is 12.2. The minimum absolute atomic E-state index is 0.111. The molecule has 1 heterocycles. The molecule has 0 radical (unpaired) electrons. The minimum Gasteiger partial charge on any atom is -0.417 e. The fourth-order valence-electron chi connectivity index (χ4n) is 4.72. The van der Waals surface area contributed by atoms with Gasteiger partial charge in [-0.3, -0.25) is 25.4 Å². The molecule has 4 rings (SSSR count). The maximum absolute atomic E-state index is 12.2. The Morgan fingerprint density at radius 3 is 2.23 bits per heavy atom. The van der Waals surface area contributed by atoms with Gasteiger partial charge in [0, 0.05) is 30.0 Å². The first-order valence-electron chi connectivity index (χ1n) is 9.48. The SMILES string of the molecule is CN(C)C1=NC2C(=[N+]([O-])O)c3c(cccc3[N+](=O)[O-])C(C1c1ccccc1)C2[N+](=O)[O-]. The fraction of sp³-hybridized carbons (Fsp3) is 0.300. The van der Waals surface area contributed by atoms with Gasteiger partial charge >= 0.3 is 0 Å². The van der Waals surface area contributed by atoms with E-state index in [1.807, 2.05) is 18.2 Å². The molecule has 31 heavy (non-hydrogen) atoms. The molecule has 1 aliphatic heterocycles. The molecule has 2 bridgehead atoms. The number of nitro benzene ring substituents is 1. The van der Waals surface area contributed by atoms with Gasteiger partial charge < -0.3 is 10.1 Å². The van der Waals surface area contributed by atoms with Crippen LogP contribution in [0.25, 0.3) is 0 Å². The van der Waals surface area contributed by atoms with Crippen molar-refractivity contribution in [1.82, 2.24) is 4.90 Å². The summed E-state index contributed by atoms with van der Waals surface area (Å²) in [6.45, 7) is 0. The van der Waals surface area contributed by atoms with Gasteiger partial charge in [0.25, 0.3) is 17.4 Å². The van der Waals surface area contributed by atoms with Crippen molar-refractivity contribution in [1.29, 1.82) is 0 Å². The molecule has 0 saturated heterocycles. The predicted octanol–water partition coefficient (Wildman–Crippen LogP) is 2.15. The van der Waals surface area contributed by atoms with Gasteiger partial charge in [-0.2, -0.15) is 0 Å². The molecule has 11 nitrogen and oxygen atoms in total. The van der Waals surface area contributed by atoms with Crippen LogP contribution in [0.1, 0.15) is 28.5 Å². The highest BCUT2D eigenvalue weighted by Gasteiger charge is 2.61. The van der Waals surface area contributed by atoms with Crippen LogP contribution in [0.5, 0.6) is 0 Å². The molecule has 160 valence electrons. The second-order valence-electron chi connectivity index (χ2n) is 7.67. The van der Waals surface area contributed by atoms with E-state index in [4.69, 9.17) is 0 Å². The zero-order chi connectivity index (χ0) is 22.4. The van der Waals surface area contributed by atoms with Crippen LogP contribution in [0.2, 0.25) is 0 Å². The topological polar surface area (TPSA) is 148 Å². The van der Waals surface area contributed by atoms with Gasteiger partial charge in [-0.15, -0.1) is 0 Å². The van der Waals surface area contributed by atoms with Crippen molar-refractivity contribution in [2.45, 2.75) is 23.9 Å². The van der Waals surface area contributed by atoms with Crippen molar-refractivity contribution in [3.05, 3.63) is 90.7 Å². The number of likely N-dealkylation sites (N-methyl/N-ethyl adjacent to an activating group) is 1. The zero-order valence-corrected chi connectivity index (χ0v) is 16.7. The lowest BCUT2D eigenvalue weighted by molar-refractivity contribution is -0.727. The molecule has 0 amide bonds. The third-order valence-corrected chi connectivity index (χ3v) is 5.83. The molecule has 4 unspecified atom stereocenters. The first kappa shape index (κ1) is 20.3. The standard InChI is InChI=1S/C20H19N5O6/c1-22(2)20-14(11-7-4-3-5-8-11)16-12-9-6-10-13(23(26)27)15(12)18(24(28)29)17(21-20)19(16)25(30)31/h3-10,14,16-17,19H,1-2H3,(H,28,29). The highest BCUT2D eigenvalue weighted by Crippen LogP contribution is 2.49. The van der Waals surface area contributed by atoms with Crippen LogP contribution in [0.4, 0.5) is 5.69 Å². The Kier molecular flexibility index (Phi) is 4.80. The third-order valence-electron chi connectivity index (χ3n) is 5.83. The fourth-order valence-corrected chi connectivity index (χ4v) is 4.72. The second kappa shape index (κ2) is 7.35. The Labute approximate surface area is 176 Å². The van der Waals surface area contributed by atoms with Crippen molar-refractivity contribution >= 4 is 17.2 Å². The molecule has 0 spiro atoms. The maximum Gasteiger partial charge on any atom is 0.290 e. The average molecular weight is 425 g/mol. The lowest BCUT2D eigenvalue weighted by Crippen LogP contribution is -2.56. The largest absolute Gasteiger partial charge is 0.417 e. The van der Waals surface area contributed by atoms with Crippen molar-refractivity contribution in [2.75, 3.05) is 14.1 Å². The number of hydrogen-bond donors (Lipinski definition) is 1. The molecule has 4 atom stereocenters. The normalized spacial score (nSPS) is 25.8. The van der Waals surface area contributed by atoms with Crippen LogP contribution < -0.4 is 0 Å². The van der Waals surface area contributed by atoms with Crippen LogP contribution >= 0.6 is 0 Å². The van der Waals surface area contributed by atoms with E-state index in [-0.39, 0.29) is 11.1 Å². The first-order valence-corrected chi connectivity index (χ1v) is 9.48. The van der Waals surface area contributed by atoms with Gasteiger partial charge in [-0.1, -0.05) is 42.5 Å². The molecular formula is C20H19N5O6. The van der Waals surface area contributed by atoms with E-state index < -0.39 is 50.1 Å². The van der Waals surface area contributed by atoms with E-state index in [0.717, 1.165) is 5.56 Å². The van der Waals surface area contributed by atoms with E-state index in [1.165, 1.54) is 18.2 Å². The van der Waals surface area contributed by atoms with Gasteiger partial charge in [0.1, 0.15) is 11.4 Å². The van der Waals surface area contributed by atoms with Gasteiger partial charge in [0.15, 0.2) is 0 Å². The predicted molar refractivity (Wildman–Crippen MR) is 110 cm³/mol. The average Bonchev–Trinajstić information content (AvgIpc) is 2.72. The first-order chi connectivity index (χ1) is 14.7. The van der Waals surface area contributed by atoms with E-state index in [0.29, 0.717) is 5.84 Å². The number of rotatable bonds is 3. The molecule has 2 aliphatic rings. The number of nitro groups is 2. The summed E-state index contributed by atoms with van der Waals surface area (Å²) in [6, 6.07) is 10.5. The van der Waals surface area contributed by atoms with E-state index in [9.17, 15) is 30.6 Å². The summed E-state index contributed by atoms with van der Waals surface area (Å²) < 4.78 is 0. The minimum atomic E-state index is -1.39. The Balaban J connectivity index is 2.12. The lowest BCUT2D eigenvalue weighted by Gasteiger charge is -2.42. The summed E-state index contributed by atoms with van der Waals surface area (Å²) in [7, 11) is 3.47. The Hall–Kier alpha value is -4.02. The van der Waals surface area contributed by atoms with Crippen LogP contribution in [0, 0.1) is 25.4 Å². The molecule has 0 saturated carbocycles. The van der Waals surface area contributed by atoms with E-state index >= 15 is 0 Å². The van der Waals surface area contributed by atoms with Crippen molar-refractivity contribution in [3.8, 4) is 0 Å². The smallest absolute Gasteiger partial charge is 0.290 e. The van der Waals surface area contributed by atoms with Gasteiger partial charge in [-0.25, -0.2) is 4.99 Å². The second-order valence-corrected chi connectivity index (χ2v) is 7.67. The Morgan fingerprint density at radius 1 is 1.00 bits per heavy atom. The molecule has 2 aromatic rings. The van der Waals surface area contributed by atoms with E-state index in [1.54, 1.807) is 31.1 Å². The van der Waals surface area contributed by atoms with Crippen molar-refractivity contribution < 1.29 is 20.0 Å². The molecule has 1 aliphatic carbocycles. The quantitative estimate of drug-likeness (QED) is 0.343. The van der Waals surface area contributed by atoms with Crippen LogP contribution in [-0.2, 0) is 0 Å². The molecular weight excluding hydrogens is 406 g/mol. The summed E-state index contributed by atoms with van der Waals surface area (Å²) in [6.07, 6.45) is 0. The molecule has 0 aromatic heterocycles. The molecule has 1 N–H and O–H groups in total. The highest BCUT2D eigenvalue weighted by atomic mass is 16.8. The summed E-state index contributed by atoms with van der Waals surface area (Å²) in [5, 5.41) is 45.9. The highest BCUT2D eigenvalue weighted by molar-refractivity contribution is 6.10. The summed E-state index contributed by atoms with van der Waals surface area (Å²) >= 11 is 0. The number of hydrogen-bond acceptors (Lipinski definition) is 8. The van der Waals surface area contributed by atoms with Gasteiger partial charge in [-0.05, 0) is 11.1 Å². The molecule has 0 fully saturated rings. The molecule has 2 aromatic carbocycles. The molecule has 11 heteroatoms. The number of benzene rings is 2. The van der Waals surface area contributed by atoms with Crippen LogP contribution in [0.15, 0.2) is 53.5 Å². The number of nitrogens with zero attached hydrogens (tertiary/aromatic N) is 5. The van der Waals surface area contributed by atoms with Crippen LogP contribution in [-0.4, -0.2) is 62.6 Å². The van der Waals surface area contributed by atoms with Crippen molar-refractivity contribution in [2.24, 2.45) is 4.99 Å². The number of aliphatic imine (C=N–C) groups is 1. The zero-order valence-electron chi connectivity index (χ0n) is 16.7. The van der Waals surface area contributed by atoms with Gasteiger partial charge in [0.05, 0.1) is 16.8 Å². The van der Waals surface area contributed by atoms with Crippen LogP contribution in [0.3, 0.4) is 0 Å². The Bertz CT molecular complexity index is 1130. The monoisotopic (exact) mass is 425 g/mol.